The van der Waals surface area contributed by atoms with Crippen LogP contribution in [0.25, 0.3) is 0 Å². The summed E-state index contributed by atoms with van der Waals surface area (Å²) >= 11 is 0. The van der Waals surface area contributed by atoms with Gasteiger partial charge in [-0.2, -0.15) is 0 Å². The van der Waals surface area contributed by atoms with Gasteiger partial charge in [-0.25, -0.2) is 0 Å². The third-order valence-corrected chi connectivity index (χ3v) is 3.67. The van der Waals surface area contributed by atoms with Gasteiger partial charge in [0.1, 0.15) is 0 Å². The Labute approximate surface area is 122 Å². The maximum atomic E-state index is 6.11. The number of likely N-dealkylation sites (N-methyl/N-ethyl adjacent to an activating group) is 1. The van der Waals surface area contributed by atoms with E-state index in [9.17, 15) is 0 Å². The topological polar surface area (TPSA) is 37.6 Å². The molecule has 1 saturated heterocycles. The monoisotopic (exact) mass is 280 g/mol. The van der Waals surface area contributed by atoms with Gasteiger partial charge in [-0.1, -0.05) is 13.8 Å². The fourth-order valence-electron chi connectivity index (χ4n) is 2.70. The van der Waals surface area contributed by atoms with Gasteiger partial charge in [0.15, 0.2) is 0 Å². The Balaban J connectivity index is 1.62. The first-order valence-corrected chi connectivity index (χ1v) is 7.69. The molecule has 0 aromatic carbocycles. The van der Waals surface area contributed by atoms with E-state index in [2.05, 4.69) is 31.1 Å². The third-order valence-electron chi connectivity index (χ3n) is 3.67. The van der Waals surface area contributed by atoms with Crippen LogP contribution in [0, 0.1) is 5.92 Å². The quantitative estimate of drug-likeness (QED) is 0.794. The van der Waals surface area contributed by atoms with Crippen molar-refractivity contribution in [2.45, 2.75) is 45.4 Å². The fraction of sp³-hybridized carbons (Fsp3) is 0.750. The van der Waals surface area contributed by atoms with Crippen molar-refractivity contribution in [3.8, 4) is 0 Å². The van der Waals surface area contributed by atoms with Crippen LogP contribution < -0.4 is 5.32 Å². The Morgan fingerprint density at radius 2 is 2.15 bits per heavy atom. The summed E-state index contributed by atoms with van der Waals surface area (Å²) in [5.41, 5.74) is 1.22. The molecular formula is C16H28N2O2. The molecule has 2 heterocycles. The summed E-state index contributed by atoms with van der Waals surface area (Å²) in [6.45, 7) is 8.44. The van der Waals surface area contributed by atoms with Gasteiger partial charge >= 0.3 is 0 Å². The van der Waals surface area contributed by atoms with E-state index in [1.165, 1.54) is 18.4 Å². The van der Waals surface area contributed by atoms with Crippen molar-refractivity contribution in [1.82, 2.24) is 10.2 Å². The lowest BCUT2D eigenvalue weighted by Crippen LogP contribution is -2.32. The number of hydrogen-bond acceptors (Lipinski definition) is 4. The first-order valence-electron chi connectivity index (χ1n) is 7.69. The van der Waals surface area contributed by atoms with Gasteiger partial charge in [-0.05, 0) is 38.4 Å². The Bertz CT molecular complexity index is 365. The standard InChI is InChI=1S/C16H28N2O2/c1-13(2)8-17-9-15-4-5-16(20-15)11-18(3)10-14-6-7-19-12-14/h6-7,12-13,15-17H,4-5,8-11H2,1-3H3. The lowest BCUT2D eigenvalue weighted by molar-refractivity contribution is 0.0265. The highest BCUT2D eigenvalue weighted by molar-refractivity contribution is 5.04. The molecule has 1 aromatic rings. The van der Waals surface area contributed by atoms with Crippen molar-refractivity contribution in [2.24, 2.45) is 5.92 Å². The molecule has 0 spiro atoms. The van der Waals surface area contributed by atoms with E-state index >= 15 is 0 Å². The second kappa shape index (κ2) is 7.81. The predicted octanol–water partition coefficient (Wildman–Crippen LogP) is 2.50. The summed E-state index contributed by atoms with van der Waals surface area (Å²) < 4.78 is 11.2. The number of rotatable bonds is 8. The van der Waals surface area contributed by atoms with Crippen LogP contribution in [0.4, 0.5) is 0 Å². The van der Waals surface area contributed by atoms with E-state index in [1.807, 2.05) is 12.3 Å². The van der Waals surface area contributed by atoms with Crippen LogP contribution in [0.3, 0.4) is 0 Å². The molecule has 1 aliphatic heterocycles. The van der Waals surface area contributed by atoms with Crippen LogP contribution in [0.2, 0.25) is 0 Å². The van der Waals surface area contributed by atoms with E-state index < -0.39 is 0 Å². The molecule has 0 aliphatic carbocycles. The average molecular weight is 280 g/mol. The highest BCUT2D eigenvalue weighted by Gasteiger charge is 2.25. The number of nitrogens with zero attached hydrogens (tertiary/aromatic N) is 1. The number of furan rings is 1. The smallest absolute Gasteiger partial charge is 0.0947 e. The molecule has 0 radical (unpaired) electrons. The molecule has 0 saturated carbocycles. The maximum Gasteiger partial charge on any atom is 0.0947 e. The largest absolute Gasteiger partial charge is 0.472 e. The van der Waals surface area contributed by atoms with Crippen molar-refractivity contribution in [2.75, 3.05) is 26.7 Å². The molecule has 20 heavy (non-hydrogen) atoms. The first kappa shape index (κ1) is 15.5. The van der Waals surface area contributed by atoms with Crippen LogP contribution in [0.1, 0.15) is 32.3 Å². The van der Waals surface area contributed by atoms with Gasteiger partial charge < -0.3 is 14.5 Å². The SMILES string of the molecule is CC(C)CNCC1CCC(CN(C)Cc2ccoc2)O1. The second-order valence-corrected chi connectivity index (χ2v) is 6.34. The van der Waals surface area contributed by atoms with Crippen LogP contribution in [0.5, 0.6) is 0 Å². The van der Waals surface area contributed by atoms with E-state index in [-0.39, 0.29) is 0 Å². The van der Waals surface area contributed by atoms with Gasteiger partial charge in [0.2, 0.25) is 0 Å². The number of ether oxygens (including phenoxy) is 1. The lowest BCUT2D eigenvalue weighted by atomic mass is 10.1. The molecule has 4 heteroatoms. The van der Waals surface area contributed by atoms with E-state index in [4.69, 9.17) is 9.15 Å². The summed E-state index contributed by atoms with van der Waals surface area (Å²) in [5, 5.41) is 3.49. The lowest BCUT2D eigenvalue weighted by Gasteiger charge is -2.21. The van der Waals surface area contributed by atoms with Gasteiger partial charge in [0.25, 0.3) is 0 Å². The van der Waals surface area contributed by atoms with Crippen LogP contribution >= 0.6 is 0 Å². The molecule has 2 atom stereocenters. The number of nitrogens with one attached hydrogen (secondary N) is 1. The van der Waals surface area contributed by atoms with Crippen LogP contribution in [-0.2, 0) is 11.3 Å². The van der Waals surface area contributed by atoms with Crippen molar-refractivity contribution in [3.05, 3.63) is 24.2 Å². The maximum absolute atomic E-state index is 6.11. The molecule has 1 aliphatic rings. The van der Waals surface area contributed by atoms with Crippen molar-refractivity contribution >= 4 is 0 Å². The van der Waals surface area contributed by atoms with Crippen molar-refractivity contribution < 1.29 is 9.15 Å². The molecule has 1 N–H and O–H groups in total. The van der Waals surface area contributed by atoms with E-state index in [0.29, 0.717) is 18.1 Å². The van der Waals surface area contributed by atoms with Crippen molar-refractivity contribution in [1.29, 1.82) is 0 Å². The average Bonchev–Trinajstić information content (AvgIpc) is 3.01. The van der Waals surface area contributed by atoms with E-state index in [1.54, 1.807) is 6.26 Å². The number of hydrogen-bond donors (Lipinski definition) is 1. The second-order valence-electron chi connectivity index (χ2n) is 6.34. The predicted molar refractivity (Wildman–Crippen MR) is 80.6 cm³/mol. The van der Waals surface area contributed by atoms with E-state index in [0.717, 1.165) is 26.2 Å². The third kappa shape index (κ3) is 5.27. The Morgan fingerprint density at radius 3 is 2.85 bits per heavy atom. The Hall–Kier alpha value is -0.840. The van der Waals surface area contributed by atoms with Gasteiger partial charge in [-0.3, -0.25) is 4.90 Å². The molecule has 2 rings (SSSR count). The minimum Gasteiger partial charge on any atom is -0.472 e. The molecule has 1 aromatic heterocycles. The minimum absolute atomic E-state index is 0.373. The molecule has 1 fully saturated rings. The summed E-state index contributed by atoms with van der Waals surface area (Å²) in [6, 6.07) is 2.02. The molecule has 4 nitrogen and oxygen atoms in total. The Morgan fingerprint density at radius 1 is 1.35 bits per heavy atom. The van der Waals surface area contributed by atoms with Crippen LogP contribution in [0.15, 0.2) is 23.0 Å². The van der Waals surface area contributed by atoms with Gasteiger partial charge in [0, 0.05) is 25.2 Å². The zero-order valence-electron chi connectivity index (χ0n) is 13.0. The first-order chi connectivity index (χ1) is 9.63. The highest BCUT2D eigenvalue weighted by Crippen LogP contribution is 2.20. The molecule has 0 amide bonds. The van der Waals surface area contributed by atoms with Gasteiger partial charge in [0.05, 0.1) is 24.7 Å². The van der Waals surface area contributed by atoms with Crippen LogP contribution in [-0.4, -0.2) is 43.8 Å². The zero-order valence-corrected chi connectivity index (χ0v) is 13.0. The molecular weight excluding hydrogens is 252 g/mol. The summed E-state index contributed by atoms with van der Waals surface area (Å²) in [6.07, 6.45) is 6.65. The van der Waals surface area contributed by atoms with Crippen molar-refractivity contribution in [3.63, 3.8) is 0 Å². The minimum atomic E-state index is 0.373. The van der Waals surface area contributed by atoms with Gasteiger partial charge in [-0.15, -0.1) is 0 Å². The highest BCUT2D eigenvalue weighted by atomic mass is 16.5. The fourth-order valence-corrected chi connectivity index (χ4v) is 2.70. The summed E-state index contributed by atoms with van der Waals surface area (Å²) in [4.78, 5) is 2.31. The summed E-state index contributed by atoms with van der Waals surface area (Å²) in [7, 11) is 2.14. The Kier molecular flexibility index (Phi) is 6.07. The normalized spacial score (nSPS) is 23.1. The summed E-state index contributed by atoms with van der Waals surface area (Å²) in [5.74, 6) is 0.702. The molecule has 2 unspecified atom stereocenters. The zero-order chi connectivity index (χ0) is 14.4. The molecule has 0 bridgehead atoms. The molecule has 114 valence electrons.